The van der Waals surface area contributed by atoms with Gasteiger partial charge >= 0.3 is 0 Å². The zero-order chi connectivity index (χ0) is 13.8. The molecule has 0 radical (unpaired) electrons. The largest absolute Gasteiger partial charge is 0.547 e. The summed E-state index contributed by atoms with van der Waals surface area (Å²) in [7, 11) is -1.05. The van der Waals surface area contributed by atoms with E-state index in [0.717, 1.165) is 23.9 Å². The molecule has 0 spiro atoms. The molecular formula is C15H25BrOSi. The Kier molecular flexibility index (Phi) is 5.92. The highest BCUT2D eigenvalue weighted by Crippen LogP contribution is 2.29. The van der Waals surface area contributed by atoms with Gasteiger partial charge in [-0.2, -0.15) is 0 Å². The predicted octanol–water partition coefficient (Wildman–Crippen LogP) is 4.67. The van der Waals surface area contributed by atoms with E-state index in [9.17, 15) is 0 Å². The minimum absolute atomic E-state index is 0.185. The van der Waals surface area contributed by atoms with Crippen LogP contribution in [0.15, 0.2) is 18.2 Å². The summed E-state index contributed by atoms with van der Waals surface area (Å²) in [6.45, 7) is 11.2. The van der Waals surface area contributed by atoms with Crippen LogP contribution in [0.1, 0.15) is 38.3 Å². The van der Waals surface area contributed by atoms with Gasteiger partial charge in [0.15, 0.2) is 0 Å². The van der Waals surface area contributed by atoms with E-state index < -0.39 is 9.04 Å². The lowest BCUT2D eigenvalue weighted by Gasteiger charge is -2.22. The van der Waals surface area contributed by atoms with Crippen LogP contribution in [-0.2, 0) is 11.8 Å². The fourth-order valence-electron chi connectivity index (χ4n) is 1.85. The Hall–Kier alpha value is -0.283. The minimum atomic E-state index is -1.05. The lowest BCUT2D eigenvalue weighted by atomic mass is 9.86. The summed E-state index contributed by atoms with van der Waals surface area (Å²) < 4.78 is 6.10. The third kappa shape index (κ3) is 4.77. The van der Waals surface area contributed by atoms with Crippen molar-refractivity contribution in [3.63, 3.8) is 0 Å². The Morgan fingerprint density at radius 3 is 2.39 bits per heavy atom. The van der Waals surface area contributed by atoms with Gasteiger partial charge in [0.2, 0.25) is 9.04 Å². The lowest BCUT2D eigenvalue weighted by molar-refractivity contribution is 0.553. The van der Waals surface area contributed by atoms with Crippen molar-refractivity contribution in [1.82, 2.24) is 0 Å². The molecule has 3 heteroatoms. The van der Waals surface area contributed by atoms with Gasteiger partial charge in [0, 0.05) is 5.33 Å². The molecule has 0 aromatic heterocycles. The van der Waals surface area contributed by atoms with Crippen molar-refractivity contribution in [2.24, 2.45) is 0 Å². The van der Waals surface area contributed by atoms with Crippen LogP contribution in [0.3, 0.4) is 0 Å². The van der Waals surface area contributed by atoms with Gasteiger partial charge in [0.05, 0.1) is 0 Å². The Morgan fingerprint density at radius 2 is 1.89 bits per heavy atom. The quantitative estimate of drug-likeness (QED) is 0.563. The zero-order valence-corrected chi connectivity index (χ0v) is 15.0. The second-order valence-electron chi connectivity index (χ2n) is 6.03. The highest BCUT2D eigenvalue weighted by atomic mass is 79.9. The van der Waals surface area contributed by atoms with Gasteiger partial charge in [-0.05, 0) is 48.5 Å². The average Bonchev–Trinajstić information content (AvgIpc) is 2.25. The number of hydrogen-bond acceptors (Lipinski definition) is 1. The molecular weight excluding hydrogens is 304 g/mol. The normalized spacial score (nSPS) is 11.9. The second kappa shape index (κ2) is 6.76. The molecule has 0 N–H and O–H groups in total. The molecule has 0 bridgehead atoms. The molecule has 1 rings (SSSR count). The molecule has 0 unspecified atom stereocenters. The molecule has 0 fully saturated rings. The molecule has 0 saturated heterocycles. The molecule has 1 aromatic rings. The number of rotatable bonds is 5. The number of benzene rings is 1. The van der Waals surface area contributed by atoms with Crippen LogP contribution >= 0.6 is 15.9 Å². The highest BCUT2D eigenvalue weighted by Gasteiger charge is 2.16. The van der Waals surface area contributed by atoms with Gasteiger partial charge < -0.3 is 4.43 Å². The van der Waals surface area contributed by atoms with E-state index >= 15 is 0 Å². The first-order chi connectivity index (χ1) is 8.34. The van der Waals surface area contributed by atoms with Crippen LogP contribution in [0.25, 0.3) is 0 Å². The Morgan fingerprint density at radius 1 is 1.22 bits per heavy atom. The topological polar surface area (TPSA) is 9.23 Å². The van der Waals surface area contributed by atoms with Gasteiger partial charge in [0.25, 0.3) is 0 Å². The standard InChI is InChI=1S/C15H25BrOSi/c1-15(2,3)13-9-8-12(7-6-10-16)14(11-13)17-18(4)5/h8-9,11,18H,6-7,10H2,1-5H3. The molecule has 1 aromatic carbocycles. The summed E-state index contributed by atoms with van der Waals surface area (Å²) in [5.74, 6) is 1.12. The smallest absolute Gasteiger partial charge is 0.229 e. The molecule has 0 amide bonds. The van der Waals surface area contributed by atoms with Crippen molar-refractivity contribution in [1.29, 1.82) is 0 Å². The van der Waals surface area contributed by atoms with Crippen LogP contribution in [0, 0.1) is 0 Å². The van der Waals surface area contributed by atoms with Crippen LogP contribution < -0.4 is 4.43 Å². The Bertz CT molecular complexity index is 383. The summed E-state index contributed by atoms with van der Waals surface area (Å²) in [5.41, 5.74) is 2.89. The zero-order valence-electron chi connectivity index (χ0n) is 12.2. The van der Waals surface area contributed by atoms with E-state index in [1.165, 1.54) is 11.1 Å². The molecule has 0 saturated carbocycles. The van der Waals surface area contributed by atoms with Gasteiger partial charge in [-0.1, -0.05) is 48.8 Å². The molecule has 0 aliphatic rings. The molecule has 0 atom stereocenters. The molecule has 0 aliphatic heterocycles. The van der Waals surface area contributed by atoms with Crippen molar-refractivity contribution in [3.05, 3.63) is 29.3 Å². The lowest BCUT2D eigenvalue weighted by Crippen LogP contribution is -2.15. The molecule has 0 heterocycles. The molecule has 18 heavy (non-hydrogen) atoms. The average molecular weight is 329 g/mol. The predicted molar refractivity (Wildman–Crippen MR) is 86.8 cm³/mol. The van der Waals surface area contributed by atoms with E-state index in [0.29, 0.717) is 0 Å². The summed E-state index contributed by atoms with van der Waals surface area (Å²) in [4.78, 5) is 0. The van der Waals surface area contributed by atoms with Crippen LogP contribution in [0.5, 0.6) is 5.75 Å². The fourth-order valence-corrected chi connectivity index (χ4v) is 2.86. The Balaban J connectivity index is 3.04. The SMILES string of the molecule is C[SiH](C)Oc1cc(C(C)(C)C)ccc1CCCBr. The van der Waals surface area contributed by atoms with Crippen molar-refractivity contribution in [2.75, 3.05) is 5.33 Å². The maximum Gasteiger partial charge on any atom is 0.229 e. The second-order valence-corrected chi connectivity index (χ2v) is 9.16. The van der Waals surface area contributed by atoms with E-state index in [-0.39, 0.29) is 5.41 Å². The third-order valence-electron chi connectivity index (χ3n) is 2.88. The number of hydrogen-bond donors (Lipinski definition) is 0. The number of alkyl halides is 1. The van der Waals surface area contributed by atoms with Crippen LogP contribution in [0.2, 0.25) is 13.1 Å². The highest BCUT2D eigenvalue weighted by molar-refractivity contribution is 9.09. The summed E-state index contributed by atoms with van der Waals surface area (Å²) in [6, 6.07) is 6.74. The number of aryl methyl sites for hydroxylation is 1. The van der Waals surface area contributed by atoms with E-state index in [1.807, 2.05) is 0 Å². The maximum absolute atomic E-state index is 6.10. The van der Waals surface area contributed by atoms with Crippen LogP contribution in [0.4, 0.5) is 0 Å². The first-order valence-corrected chi connectivity index (χ1v) is 10.6. The monoisotopic (exact) mass is 328 g/mol. The van der Waals surface area contributed by atoms with Gasteiger partial charge in [-0.15, -0.1) is 0 Å². The third-order valence-corrected chi connectivity index (χ3v) is 4.16. The fraction of sp³-hybridized carbons (Fsp3) is 0.600. The van der Waals surface area contributed by atoms with Crippen LogP contribution in [-0.4, -0.2) is 14.4 Å². The van der Waals surface area contributed by atoms with Gasteiger partial charge in [-0.25, -0.2) is 0 Å². The summed E-state index contributed by atoms with van der Waals surface area (Å²) in [5, 5.41) is 1.05. The molecule has 1 nitrogen and oxygen atoms in total. The first-order valence-electron chi connectivity index (χ1n) is 6.70. The molecule has 102 valence electrons. The van der Waals surface area contributed by atoms with Gasteiger partial charge in [-0.3, -0.25) is 0 Å². The number of halogens is 1. The van der Waals surface area contributed by atoms with E-state index in [4.69, 9.17) is 4.43 Å². The van der Waals surface area contributed by atoms with Crippen molar-refractivity contribution < 1.29 is 4.43 Å². The van der Waals surface area contributed by atoms with Crippen molar-refractivity contribution >= 4 is 25.0 Å². The Labute approximate surface area is 122 Å². The maximum atomic E-state index is 6.10. The van der Waals surface area contributed by atoms with Crippen molar-refractivity contribution in [3.8, 4) is 5.75 Å². The summed E-state index contributed by atoms with van der Waals surface area (Å²) in [6.07, 6.45) is 2.25. The van der Waals surface area contributed by atoms with Crippen molar-refractivity contribution in [2.45, 2.75) is 52.1 Å². The van der Waals surface area contributed by atoms with E-state index in [2.05, 4.69) is 68.0 Å². The first kappa shape index (κ1) is 15.8. The minimum Gasteiger partial charge on any atom is -0.547 e. The van der Waals surface area contributed by atoms with E-state index in [1.54, 1.807) is 0 Å². The molecule has 0 aliphatic carbocycles. The van der Waals surface area contributed by atoms with Gasteiger partial charge in [0.1, 0.15) is 5.75 Å². The summed E-state index contributed by atoms with van der Waals surface area (Å²) >= 11 is 3.50.